The van der Waals surface area contributed by atoms with Crippen molar-refractivity contribution in [1.29, 1.82) is 0 Å². The zero-order valence-corrected chi connectivity index (χ0v) is 14.9. The van der Waals surface area contributed by atoms with Crippen molar-refractivity contribution in [3.8, 4) is 0 Å². The first-order valence-corrected chi connectivity index (χ1v) is 8.50. The monoisotopic (exact) mass is 365 g/mol. The Bertz CT molecular complexity index is 781. The lowest BCUT2D eigenvalue weighted by atomic mass is 9.96. The number of carbonyl (C=O) groups is 3. The standard InChI is InChI=1S/C18H21F2N3O3/c1-10(11-4-7-13(19)14(20)8-11)22(3)15(24)9-23-16(25)18(2,12-5-6-12)21-17(23)26/h4,7-8,10,12H,5-6,9H2,1-3H3,(H,21,26). The minimum atomic E-state index is -0.996. The molecule has 2 atom stereocenters. The highest BCUT2D eigenvalue weighted by Gasteiger charge is 2.56. The van der Waals surface area contributed by atoms with Crippen LogP contribution in [0.1, 0.15) is 38.3 Å². The second-order valence-corrected chi connectivity index (χ2v) is 7.15. The Morgan fingerprint density at radius 1 is 1.35 bits per heavy atom. The Labute approximate surface area is 150 Å². The second kappa shape index (κ2) is 6.34. The van der Waals surface area contributed by atoms with Gasteiger partial charge in [-0.1, -0.05) is 6.07 Å². The molecule has 1 saturated heterocycles. The molecule has 26 heavy (non-hydrogen) atoms. The van der Waals surface area contributed by atoms with Gasteiger partial charge in [-0.25, -0.2) is 13.6 Å². The van der Waals surface area contributed by atoms with Gasteiger partial charge < -0.3 is 10.2 Å². The van der Waals surface area contributed by atoms with Gasteiger partial charge in [0.1, 0.15) is 12.1 Å². The molecular formula is C18H21F2N3O3. The largest absolute Gasteiger partial charge is 0.337 e. The van der Waals surface area contributed by atoms with Gasteiger partial charge in [-0.15, -0.1) is 0 Å². The van der Waals surface area contributed by atoms with Gasteiger partial charge in [0.15, 0.2) is 11.6 Å². The minimum absolute atomic E-state index is 0.109. The molecular weight excluding hydrogens is 344 g/mol. The molecule has 6 nitrogen and oxygen atoms in total. The zero-order chi connectivity index (χ0) is 19.2. The Morgan fingerprint density at radius 2 is 2.00 bits per heavy atom. The van der Waals surface area contributed by atoms with Crippen molar-refractivity contribution in [2.24, 2.45) is 5.92 Å². The van der Waals surface area contributed by atoms with Crippen molar-refractivity contribution >= 4 is 17.8 Å². The number of imide groups is 1. The van der Waals surface area contributed by atoms with Crippen molar-refractivity contribution in [2.45, 2.75) is 38.3 Å². The van der Waals surface area contributed by atoms with Crippen LogP contribution >= 0.6 is 0 Å². The van der Waals surface area contributed by atoms with E-state index in [-0.39, 0.29) is 5.92 Å². The van der Waals surface area contributed by atoms with Gasteiger partial charge in [-0.3, -0.25) is 14.5 Å². The Morgan fingerprint density at radius 3 is 2.58 bits per heavy atom. The van der Waals surface area contributed by atoms with Crippen molar-refractivity contribution in [3.63, 3.8) is 0 Å². The van der Waals surface area contributed by atoms with Gasteiger partial charge in [-0.05, 0) is 50.3 Å². The maximum atomic E-state index is 13.4. The van der Waals surface area contributed by atoms with E-state index in [0.717, 1.165) is 29.9 Å². The van der Waals surface area contributed by atoms with E-state index in [1.807, 2.05) is 0 Å². The number of amides is 4. The number of urea groups is 1. The van der Waals surface area contributed by atoms with Crippen LogP contribution in [-0.2, 0) is 9.59 Å². The average molecular weight is 365 g/mol. The van der Waals surface area contributed by atoms with E-state index in [9.17, 15) is 23.2 Å². The van der Waals surface area contributed by atoms with Gasteiger partial charge in [-0.2, -0.15) is 0 Å². The van der Waals surface area contributed by atoms with Crippen LogP contribution in [0.15, 0.2) is 18.2 Å². The molecule has 0 aromatic heterocycles. The highest BCUT2D eigenvalue weighted by Crippen LogP contribution is 2.42. The number of hydrogen-bond acceptors (Lipinski definition) is 3. The first-order valence-electron chi connectivity index (χ1n) is 8.50. The van der Waals surface area contributed by atoms with Crippen LogP contribution in [0.2, 0.25) is 0 Å². The molecule has 1 aromatic carbocycles. The second-order valence-electron chi connectivity index (χ2n) is 7.15. The van der Waals surface area contributed by atoms with Crippen LogP contribution in [0.25, 0.3) is 0 Å². The first kappa shape index (κ1) is 18.3. The molecule has 1 saturated carbocycles. The van der Waals surface area contributed by atoms with Crippen molar-refractivity contribution in [2.75, 3.05) is 13.6 Å². The lowest BCUT2D eigenvalue weighted by molar-refractivity contribution is -0.139. The Hall–Kier alpha value is -2.51. The summed E-state index contributed by atoms with van der Waals surface area (Å²) >= 11 is 0. The molecule has 1 heterocycles. The van der Waals surface area contributed by atoms with E-state index in [1.54, 1.807) is 13.8 Å². The molecule has 1 aromatic rings. The number of benzene rings is 1. The highest BCUT2D eigenvalue weighted by atomic mass is 19.2. The van der Waals surface area contributed by atoms with E-state index in [0.29, 0.717) is 5.56 Å². The Balaban J connectivity index is 1.70. The number of carbonyl (C=O) groups excluding carboxylic acids is 3. The van der Waals surface area contributed by atoms with E-state index >= 15 is 0 Å². The molecule has 4 amide bonds. The Kier molecular flexibility index (Phi) is 4.46. The van der Waals surface area contributed by atoms with Crippen molar-refractivity contribution in [3.05, 3.63) is 35.4 Å². The fourth-order valence-corrected chi connectivity index (χ4v) is 3.26. The van der Waals surface area contributed by atoms with E-state index in [4.69, 9.17) is 0 Å². The van der Waals surface area contributed by atoms with Gasteiger partial charge in [0.2, 0.25) is 5.91 Å². The summed E-state index contributed by atoms with van der Waals surface area (Å²) in [5.41, 5.74) is -0.526. The third-order valence-corrected chi connectivity index (χ3v) is 5.39. The minimum Gasteiger partial charge on any atom is -0.337 e. The van der Waals surface area contributed by atoms with Gasteiger partial charge in [0.25, 0.3) is 5.91 Å². The normalized spacial score (nSPS) is 23.8. The van der Waals surface area contributed by atoms with Crippen LogP contribution in [0.4, 0.5) is 13.6 Å². The maximum Gasteiger partial charge on any atom is 0.325 e. The van der Waals surface area contributed by atoms with Crippen molar-refractivity contribution < 1.29 is 23.2 Å². The summed E-state index contributed by atoms with van der Waals surface area (Å²) in [6.45, 7) is 2.95. The molecule has 140 valence electrons. The molecule has 0 radical (unpaired) electrons. The molecule has 2 unspecified atom stereocenters. The zero-order valence-electron chi connectivity index (χ0n) is 14.9. The third kappa shape index (κ3) is 3.04. The van der Waals surface area contributed by atoms with Crippen LogP contribution in [-0.4, -0.2) is 46.8 Å². The molecule has 0 spiro atoms. The molecule has 1 N–H and O–H groups in total. The van der Waals surface area contributed by atoms with E-state index < -0.39 is 47.6 Å². The molecule has 2 fully saturated rings. The fourth-order valence-electron chi connectivity index (χ4n) is 3.26. The molecule has 1 aliphatic heterocycles. The molecule has 8 heteroatoms. The fraction of sp³-hybridized carbons (Fsp3) is 0.500. The third-order valence-electron chi connectivity index (χ3n) is 5.39. The average Bonchev–Trinajstić information content (AvgIpc) is 3.42. The molecule has 1 aliphatic carbocycles. The topological polar surface area (TPSA) is 69.7 Å². The predicted octanol–water partition coefficient (Wildman–Crippen LogP) is 2.20. The van der Waals surface area contributed by atoms with Crippen LogP contribution in [0, 0.1) is 17.6 Å². The first-order chi connectivity index (χ1) is 12.1. The summed E-state index contributed by atoms with van der Waals surface area (Å²) in [6.07, 6.45) is 1.74. The number of nitrogens with zero attached hydrogens (tertiary/aromatic N) is 2. The summed E-state index contributed by atoms with van der Waals surface area (Å²) in [5.74, 6) is -2.71. The number of likely N-dealkylation sites (N-methyl/N-ethyl adjacent to an activating group) is 1. The van der Waals surface area contributed by atoms with E-state index in [2.05, 4.69) is 5.32 Å². The summed E-state index contributed by atoms with van der Waals surface area (Å²) in [6, 6.07) is 2.30. The summed E-state index contributed by atoms with van der Waals surface area (Å²) < 4.78 is 26.5. The van der Waals surface area contributed by atoms with Gasteiger partial charge in [0, 0.05) is 7.05 Å². The quantitative estimate of drug-likeness (QED) is 0.814. The predicted molar refractivity (Wildman–Crippen MR) is 88.9 cm³/mol. The molecule has 0 bridgehead atoms. The molecule has 2 aliphatic rings. The number of halogens is 2. The number of hydrogen-bond donors (Lipinski definition) is 1. The summed E-state index contributed by atoms with van der Waals surface area (Å²) in [4.78, 5) is 39.5. The summed E-state index contributed by atoms with van der Waals surface area (Å²) in [5, 5.41) is 2.69. The SMILES string of the molecule is CC(c1ccc(F)c(F)c1)N(C)C(=O)CN1C(=O)NC(C)(C2CC2)C1=O. The lowest BCUT2D eigenvalue weighted by Gasteiger charge is -2.27. The van der Waals surface area contributed by atoms with E-state index in [1.165, 1.54) is 18.0 Å². The van der Waals surface area contributed by atoms with Gasteiger partial charge >= 0.3 is 6.03 Å². The summed E-state index contributed by atoms with van der Waals surface area (Å²) in [7, 11) is 1.49. The van der Waals surface area contributed by atoms with Crippen LogP contribution < -0.4 is 5.32 Å². The number of rotatable bonds is 5. The van der Waals surface area contributed by atoms with Crippen molar-refractivity contribution in [1.82, 2.24) is 15.1 Å². The number of nitrogens with one attached hydrogen (secondary N) is 1. The smallest absolute Gasteiger partial charge is 0.325 e. The van der Waals surface area contributed by atoms with Gasteiger partial charge in [0.05, 0.1) is 6.04 Å². The molecule has 3 rings (SSSR count). The van der Waals surface area contributed by atoms with Crippen LogP contribution in [0.3, 0.4) is 0 Å². The van der Waals surface area contributed by atoms with Crippen LogP contribution in [0.5, 0.6) is 0 Å². The highest BCUT2D eigenvalue weighted by molar-refractivity contribution is 6.09. The lowest BCUT2D eigenvalue weighted by Crippen LogP contribution is -2.47. The maximum absolute atomic E-state index is 13.4.